The van der Waals surface area contributed by atoms with Crippen molar-refractivity contribution in [3.63, 3.8) is 0 Å². The van der Waals surface area contributed by atoms with E-state index in [-0.39, 0.29) is 24.9 Å². The third-order valence-electron chi connectivity index (χ3n) is 2.34. The fraction of sp³-hybridized carbons (Fsp3) is 0.385. The van der Waals surface area contributed by atoms with E-state index >= 15 is 0 Å². The first-order chi connectivity index (χ1) is 8.17. The maximum atomic E-state index is 11.4. The van der Waals surface area contributed by atoms with Crippen molar-refractivity contribution in [3.8, 4) is 11.8 Å². The molecule has 0 aromatic heterocycles. The van der Waals surface area contributed by atoms with Crippen LogP contribution in [0.25, 0.3) is 0 Å². The van der Waals surface area contributed by atoms with Crippen molar-refractivity contribution >= 4 is 5.97 Å². The Hall–Kier alpha value is -2.02. The SMILES string of the molecule is COc1ccc(COC(=O)C(C)CC#N)cc1. The second kappa shape index (κ2) is 6.54. The molecule has 1 rings (SSSR count). The summed E-state index contributed by atoms with van der Waals surface area (Å²) in [4.78, 5) is 11.4. The van der Waals surface area contributed by atoms with E-state index in [2.05, 4.69) is 0 Å². The number of ether oxygens (including phenoxy) is 2. The molecule has 0 heterocycles. The zero-order chi connectivity index (χ0) is 12.7. The van der Waals surface area contributed by atoms with Crippen LogP contribution in [0, 0.1) is 17.2 Å². The molecule has 0 aliphatic heterocycles. The van der Waals surface area contributed by atoms with Crippen LogP contribution in [0.15, 0.2) is 24.3 Å². The highest BCUT2D eigenvalue weighted by molar-refractivity contribution is 5.72. The lowest BCUT2D eigenvalue weighted by Crippen LogP contribution is -2.14. The number of carbonyl (C=O) groups excluding carboxylic acids is 1. The van der Waals surface area contributed by atoms with Crippen LogP contribution in [0.5, 0.6) is 5.75 Å². The van der Waals surface area contributed by atoms with Crippen LogP contribution in [-0.2, 0) is 16.1 Å². The molecule has 0 saturated heterocycles. The maximum Gasteiger partial charge on any atom is 0.310 e. The van der Waals surface area contributed by atoms with Gasteiger partial charge in [0.1, 0.15) is 12.4 Å². The molecule has 4 nitrogen and oxygen atoms in total. The lowest BCUT2D eigenvalue weighted by molar-refractivity contribution is -0.149. The van der Waals surface area contributed by atoms with E-state index in [9.17, 15) is 4.79 Å². The smallest absolute Gasteiger partial charge is 0.310 e. The van der Waals surface area contributed by atoms with Crippen LogP contribution in [0.2, 0.25) is 0 Å². The normalized spacial score (nSPS) is 11.4. The number of hydrogen-bond acceptors (Lipinski definition) is 4. The minimum absolute atomic E-state index is 0.182. The summed E-state index contributed by atoms with van der Waals surface area (Å²) in [5.74, 6) is 0.0403. The van der Waals surface area contributed by atoms with Gasteiger partial charge in [-0.25, -0.2) is 0 Å². The maximum absolute atomic E-state index is 11.4. The molecule has 1 aromatic rings. The van der Waals surface area contributed by atoms with Crippen molar-refractivity contribution < 1.29 is 14.3 Å². The predicted octanol–water partition coefficient (Wildman–Crippen LogP) is 2.29. The number of methoxy groups -OCH3 is 1. The van der Waals surface area contributed by atoms with Gasteiger partial charge in [0.15, 0.2) is 0 Å². The lowest BCUT2D eigenvalue weighted by Gasteiger charge is -2.08. The molecule has 90 valence electrons. The molecule has 0 N–H and O–H groups in total. The van der Waals surface area contributed by atoms with Gasteiger partial charge in [-0.3, -0.25) is 4.79 Å². The number of nitriles is 1. The topological polar surface area (TPSA) is 59.3 Å². The summed E-state index contributed by atoms with van der Waals surface area (Å²) in [6, 6.07) is 9.23. The molecular formula is C13H15NO3. The van der Waals surface area contributed by atoms with Gasteiger partial charge in [0.2, 0.25) is 0 Å². The second-order valence-corrected chi connectivity index (χ2v) is 3.72. The Morgan fingerprint density at radius 3 is 2.59 bits per heavy atom. The molecule has 0 fully saturated rings. The predicted molar refractivity (Wildman–Crippen MR) is 62.2 cm³/mol. The Labute approximate surface area is 101 Å². The molecule has 17 heavy (non-hydrogen) atoms. The van der Waals surface area contributed by atoms with Gasteiger partial charge in [0.25, 0.3) is 0 Å². The zero-order valence-corrected chi connectivity index (χ0v) is 9.97. The number of nitrogens with zero attached hydrogens (tertiary/aromatic N) is 1. The van der Waals surface area contributed by atoms with Crippen LogP contribution < -0.4 is 4.74 Å². The van der Waals surface area contributed by atoms with Crippen molar-refractivity contribution in [2.75, 3.05) is 7.11 Å². The molecule has 0 saturated carbocycles. The summed E-state index contributed by atoms with van der Waals surface area (Å²) >= 11 is 0. The Morgan fingerprint density at radius 1 is 1.41 bits per heavy atom. The Balaban J connectivity index is 2.44. The first-order valence-electron chi connectivity index (χ1n) is 5.34. The van der Waals surface area contributed by atoms with E-state index in [0.717, 1.165) is 11.3 Å². The van der Waals surface area contributed by atoms with Crippen LogP contribution in [0.3, 0.4) is 0 Å². The molecule has 0 bridgehead atoms. The highest BCUT2D eigenvalue weighted by atomic mass is 16.5. The Bertz CT molecular complexity index is 406. The Morgan fingerprint density at radius 2 is 2.06 bits per heavy atom. The molecule has 1 unspecified atom stereocenters. The first-order valence-corrected chi connectivity index (χ1v) is 5.34. The molecule has 0 amide bonds. The van der Waals surface area contributed by atoms with Crippen molar-refractivity contribution in [3.05, 3.63) is 29.8 Å². The van der Waals surface area contributed by atoms with Gasteiger partial charge < -0.3 is 9.47 Å². The van der Waals surface area contributed by atoms with Crippen molar-refractivity contribution in [2.24, 2.45) is 5.92 Å². The standard InChI is InChI=1S/C13H15NO3/c1-10(7-8-14)13(15)17-9-11-3-5-12(16-2)6-4-11/h3-6,10H,7,9H2,1-2H3. The largest absolute Gasteiger partial charge is 0.497 e. The first kappa shape index (κ1) is 13.0. The highest BCUT2D eigenvalue weighted by Crippen LogP contribution is 2.13. The lowest BCUT2D eigenvalue weighted by atomic mass is 10.1. The summed E-state index contributed by atoms with van der Waals surface area (Å²) in [7, 11) is 1.60. The van der Waals surface area contributed by atoms with Crippen molar-refractivity contribution in [1.82, 2.24) is 0 Å². The summed E-state index contributed by atoms with van der Waals surface area (Å²) in [5, 5.41) is 8.46. The summed E-state index contributed by atoms with van der Waals surface area (Å²) in [6.45, 7) is 1.90. The summed E-state index contributed by atoms with van der Waals surface area (Å²) in [6.07, 6.45) is 0.182. The van der Waals surface area contributed by atoms with E-state index in [0.29, 0.717) is 0 Å². The monoisotopic (exact) mass is 233 g/mol. The van der Waals surface area contributed by atoms with Crippen LogP contribution >= 0.6 is 0 Å². The summed E-state index contributed by atoms with van der Waals surface area (Å²) < 4.78 is 10.1. The van der Waals surface area contributed by atoms with Gasteiger partial charge >= 0.3 is 5.97 Å². The second-order valence-electron chi connectivity index (χ2n) is 3.72. The molecule has 0 aliphatic rings. The van der Waals surface area contributed by atoms with Gasteiger partial charge in [0, 0.05) is 6.42 Å². The van der Waals surface area contributed by atoms with Gasteiger partial charge in [-0.05, 0) is 17.7 Å². The van der Waals surface area contributed by atoms with E-state index < -0.39 is 0 Å². The minimum atomic E-state index is -0.377. The van der Waals surface area contributed by atoms with E-state index in [4.69, 9.17) is 14.7 Å². The average molecular weight is 233 g/mol. The van der Waals surface area contributed by atoms with Gasteiger partial charge in [-0.15, -0.1) is 0 Å². The number of esters is 1. The third-order valence-corrected chi connectivity index (χ3v) is 2.34. The van der Waals surface area contributed by atoms with E-state index in [1.54, 1.807) is 14.0 Å². The summed E-state index contributed by atoms with van der Waals surface area (Å²) in [5.41, 5.74) is 0.892. The molecule has 0 aliphatic carbocycles. The van der Waals surface area contributed by atoms with Crippen LogP contribution in [-0.4, -0.2) is 13.1 Å². The number of benzene rings is 1. The van der Waals surface area contributed by atoms with Crippen LogP contribution in [0.1, 0.15) is 18.9 Å². The average Bonchev–Trinajstić information content (AvgIpc) is 2.36. The quantitative estimate of drug-likeness (QED) is 0.732. The fourth-order valence-electron chi connectivity index (χ4n) is 1.24. The Kier molecular flexibility index (Phi) is 5.02. The molecule has 0 radical (unpaired) electrons. The highest BCUT2D eigenvalue weighted by Gasteiger charge is 2.13. The molecular weight excluding hydrogens is 218 g/mol. The molecule has 1 atom stereocenters. The molecule has 1 aromatic carbocycles. The number of carbonyl (C=O) groups is 1. The van der Waals surface area contributed by atoms with E-state index in [1.165, 1.54) is 0 Å². The van der Waals surface area contributed by atoms with Crippen molar-refractivity contribution in [1.29, 1.82) is 5.26 Å². The number of rotatable bonds is 5. The molecule has 4 heteroatoms. The minimum Gasteiger partial charge on any atom is -0.497 e. The fourth-order valence-corrected chi connectivity index (χ4v) is 1.24. The van der Waals surface area contributed by atoms with E-state index in [1.807, 2.05) is 30.3 Å². The van der Waals surface area contributed by atoms with Gasteiger partial charge in [-0.2, -0.15) is 5.26 Å². The van der Waals surface area contributed by atoms with Crippen molar-refractivity contribution in [2.45, 2.75) is 20.0 Å². The number of hydrogen-bond donors (Lipinski definition) is 0. The van der Waals surface area contributed by atoms with Gasteiger partial charge in [0.05, 0.1) is 19.1 Å². The third kappa shape index (κ3) is 4.15. The van der Waals surface area contributed by atoms with Gasteiger partial charge in [-0.1, -0.05) is 19.1 Å². The van der Waals surface area contributed by atoms with Crippen LogP contribution in [0.4, 0.5) is 0 Å². The molecule has 0 spiro atoms. The zero-order valence-electron chi connectivity index (χ0n) is 9.97.